The van der Waals surface area contributed by atoms with Crippen LogP contribution in [0.15, 0.2) is 54.6 Å². The van der Waals surface area contributed by atoms with Crippen LogP contribution in [0.5, 0.6) is 5.75 Å². The highest BCUT2D eigenvalue weighted by Crippen LogP contribution is 2.34. The van der Waals surface area contributed by atoms with Gasteiger partial charge in [-0.1, -0.05) is 30.3 Å². The number of nitrogens with zero attached hydrogens (tertiary/aromatic N) is 2. The number of benzene rings is 2. The third kappa shape index (κ3) is 3.58. The first-order chi connectivity index (χ1) is 12.7. The Morgan fingerprint density at radius 1 is 1.12 bits per heavy atom. The number of aromatic nitrogens is 1. The van der Waals surface area contributed by atoms with Gasteiger partial charge in [0.15, 0.2) is 6.10 Å². The van der Waals surface area contributed by atoms with Gasteiger partial charge in [-0.25, -0.2) is 4.98 Å². The third-order valence-electron chi connectivity index (χ3n) is 4.87. The van der Waals surface area contributed by atoms with E-state index in [0.717, 1.165) is 37.2 Å². The summed E-state index contributed by atoms with van der Waals surface area (Å²) in [5.41, 5.74) is 1.08. The number of hydrogen-bond acceptors (Lipinski definition) is 4. The lowest BCUT2D eigenvalue weighted by Crippen LogP contribution is -2.44. The zero-order valence-electron chi connectivity index (χ0n) is 14.8. The molecule has 4 nitrogen and oxygen atoms in total. The van der Waals surface area contributed by atoms with Gasteiger partial charge < -0.3 is 9.64 Å². The minimum atomic E-state index is -0.462. The Morgan fingerprint density at radius 2 is 1.81 bits per heavy atom. The second-order valence-corrected chi connectivity index (χ2v) is 7.75. The first-order valence-corrected chi connectivity index (χ1v) is 9.88. The van der Waals surface area contributed by atoms with Gasteiger partial charge >= 0.3 is 0 Å². The molecule has 1 aromatic heterocycles. The number of carbonyl (C=O) groups excluding carboxylic acids is 1. The molecule has 1 aliphatic heterocycles. The van der Waals surface area contributed by atoms with Crippen molar-refractivity contribution >= 4 is 27.5 Å². The molecule has 1 aliphatic rings. The van der Waals surface area contributed by atoms with Crippen LogP contribution in [0.4, 0.5) is 0 Å². The van der Waals surface area contributed by atoms with Gasteiger partial charge in [-0.2, -0.15) is 0 Å². The van der Waals surface area contributed by atoms with E-state index in [2.05, 4.69) is 18.2 Å². The first-order valence-electron chi connectivity index (χ1n) is 9.06. The second-order valence-electron chi connectivity index (χ2n) is 6.69. The van der Waals surface area contributed by atoms with Crippen LogP contribution < -0.4 is 4.74 Å². The van der Waals surface area contributed by atoms with Crippen molar-refractivity contribution in [1.29, 1.82) is 0 Å². The number of likely N-dealkylation sites (tertiary alicyclic amines) is 1. The lowest BCUT2D eigenvalue weighted by atomic mass is 9.97. The average molecular weight is 366 g/mol. The zero-order chi connectivity index (χ0) is 17.9. The molecule has 0 spiro atoms. The molecular formula is C21H22N2O2S. The highest BCUT2D eigenvalue weighted by Gasteiger charge is 2.29. The van der Waals surface area contributed by atoms with Crippen molar-refractivity contribution in [2.45, 2.75) is 31.8 Å². The van der Waals surface area contributed by atoms with Gasteiger partial charge in [-0.15, -0.1) is 11.3 Å². The summed E-state index contributed by atoms with van der Waals surface area (Å²) in [6.07, 6.45) is 1.46. The van der Waals surface area contributed by atoms with Gasteiger partial charge in [-0.3, -0.25) is 4.79 Å². The molecule has 26 heavy (non-hydrogen) atoms. The van der Waals surface area contributed by atoms with Gasteiger partial charge in [0.1, 0.15) is 5.75 Å². The largest absolute Gasteiger partial charge is 0.481 e. The van der Waals surface area contributed by atoms with Gasteiger partial charge in [-0.05, 0) is 44.0 Å². The van der Waals surface area contributed by atoms with Crippen molar-refractivity contribution < 1.29 is 9.53 Å². The zero-order valence-corrected chi connectivity index (χ0v) is 15.6. The molecule has 0 radical (unpaired) electrons. The molecule has 134 valence electrons. The molecule has 0 saturated carbocycles. The van der Waals surface area contributed by atoms with E-state index in [1.165, 1.54) is 9.71 Å². The molecule has 5 heteroatoms. The van der Waals surface area contributed by atoms with Crippen molar-refractivity contribution in [1.82, 2.24) is 9.88 Å². The maximum Gasteiger partial charge on any atom is 0.263 e. The average Bonchev–Trinajstić information content (AvgIpc) is 3.12. The molecule has 0 bridgehead atoms. The van der Waals surface area contributed by atoms with Crippen molar-refractivity contribution in [3.63, 3.8) is 0 Å². The second kappa shape index (κ2) is 7.46. The quantitative estimate of drug-likeness (QED) is 0.684. The van der Waals surface area contributed by atoms with Crippen molar-refractivity contribution in [2.24, 2.45) is 0 Å². The Morgan fingerprint density at radius 3 is 2.54 bits per heavy atom. The van der Waals surface area contributed by atoms with E-state index in [9.17, 15) is 4.79 Å². The van der Waals surface area contributed by atoms with Crippen LogP contribution in [0.3, 0.4) is 0 Å². The number of fused-ring (bicyclic) bond motifs is 1. The SMILES string of the molecule is CC(Oc1ccccc1)C(=O)N1CCC(c2nc3ccccc3s2)CC1. The smallest absolute Gasteiger partial charge is 0.263 e. The molecule has 2 aromatic carbocycles. The Labute approximate surface area is 157 Å². The molecule has 3 aromatic rings. The summed E-state index contributed by atoms with van der Waals surface area (Å²) in [4.78, 5) is 19.4. The Bertz CT molecular complexity index is 852. The summed E-state index contributed by atoms with van der Waals surface area (Å²) in [7, 11) is 0. The van der Waals surface area contributed by atoms with Crippen LogP contribution in [-0.4, -0.2) is 35.0 Å². The number of rotatable bonds is 4. The number of para-hydroxylation sites is 2. The Balaban J connectivity index is 1.36. The molecular weight excluding hydrogens is 344 g/mol. The topological polar surface area (TPSA) is 42.4 Å². The van der Waals surface area contributed by atoms with E-state index < -0.39 is 6.10 Å². The van der Waals surface area contributed by atoms with Gasteiger partial charge in [0.05, 0.1) is 15.2 Å². The number of piperidine rings is 1. The molecule has 1 fully saturated rings. The van der Waals surface area contributed by atoms with Crippen LogP contribution >= 0.6 is 11.3 Å². The summed E-state index contributed by atoms with van der Waals surface area (Å²) in [6.45, 7) is 3.36. The number of amides is 1. The maximum absolute atomic E-state index is 12.7. The van der Waals surface area contributed by atoms with Crippen LogP contribution in [0, 0.1) is 0 Å². The molecule has 4 rings (SSSR count). The number of ether oxygens (including phenoxy) is 1. The molecule has 1 unspecified atom stereocenters. The van der Waals surface area contributed by atoms with E-state index in [1.807, 2.05) is 48.2 Å². The number of thiazole rings is 1. The normalized spacial score (nSPS) is 16.6. The van der Waals surface area contributed by atoms with Crippen LogP contribution in [0.2, 0.25) is 0 Å². The van der Waals surface area contributed by atoms with Crippen LogP contribution in [0.25, 0.3) is 10.2 Å². The highest BCUT2D eigenvalue weighted by atomic mass is 32.1. The number of hydrogen-bond donors (Lipinski definition) is 0. The lowest BCUT2D eigenvalue weighted by Gasteiger charge is -2.32. The van der Waals surface area contributed by atoms with E-state index in [-0.39, 0.29) is 5.91 Å². The summed E-state index contributed by atoms with van der Waals surface area (Å²) in [5, 5.41) is 1.20. The minimum absolute atomic E-state index is 0.0663. The molecule has 1 saturated heterocycles. The fraction of sp³-hybridized carbons (Fsp3) is 0.333. The van der Waals surface area contributed by atoms with Gasteiger partial charge in [0.25, 0.3) is 5.91 Å². The standard InChI is InChI=1S/C21H22N2O2S/c1-15(25-17-7-3-2-4-8-17)21(24)23-13-11-16(12-14-23)20-22-18-9-5-6-10-19(18)26-20/h2-10,15-16H,11-14H2,1H3. The summed E-state index contributed by atoms with van der Waals surface area (Å²) >= 11 is 1.78. The lowest BCUT2D eigenvalue weighted by molar-refractivity contribution is -0.139. The highest BCUT2D eigenvalue weighted by molar-refractivity contribution is 7.18. The van der Waals surface area contributed by atoms with E-state index in [1.54, 1.807) is 11.3 Å². The van der Waals surface area contributed by atoms with E-state index in [4.69, 9.17) is 9.72 Å². The monoisotopic (exact) mass is 366 g/mol. The van der Waals surface area contributed by atoms with E-state index in [0.29, 0.717) is 5.92 Å². The fourth-order valence-corrected chi connectivity index (χ4v) is 4.56. The Kier molecular flexibility index (Phi) is 4.89. The summed E-state index contributed by atoms with van der Waals surface area (Å²) < 4.78 is 7.02. The fourth-order valence-electron chi connectivity index (χ4n) is 3.42. The van der Waals surface area contributed by atoms with Gasteiger partial charge in [0, 0.05) is 19.0 Å². The van der Waals surface area contributed by atoms with Crippen molar-refractivity contribution in [3.05, 3.63) is 59.6 Å². The van der Waals surface area contributed by atoms with Crippen molar-refractivity contribution in [2.75, 3.05) is 13.1 Å². The van der Waals surface area contributed by atoms with E-state index >= 15 is 0 Å². The maximum atomic E-state index is 12.7. The minimum Gasteiger partial charge on any atom is -0.481 e. The molecule has 0 N–H and O–H groups in total. The third-order valence-corrected chi connectivity index (χ3v) is 6.07. The number of carbonyl (C=O) groups is 1. The molecule has 2 heterocycles. The predicted molar refractivity (Wildman–Crippen MR) is 105 cm³/mol. The molecule has 0 aliphatic carbocycles. The van der Waals surface area contributed by atoms with Crippen molar-refractivity contribution in [3.8, 4) is 5.75 Å². The predicted octanol–water partition coefficient (Wildman–Crippen LogP) is 4.47. The first kappa shape index (κ1) is 17.0. The van der Waals surface area contributed by atoms with Gasteiger partial charge in [0.2, 0.25) is 0 Å². The summed E-state index contributed by atoms with van der Waals surface area (Å²) in [5.74, 6) is 1.25. The van der Waals surface area contributed by atoms with Crippen LogP contribution in [0.1, 0.15) is 30.7 Å². The molecule has 1 amide bonds. The molecule has 1 atom stereocenters. The Hall–Kier alpha value is -2.40. The van der Waals surface area contributed by atoms with Crippen LogP contribution in [-0.2, 0) is 4.79 Å². The summed E-state index contributed by atoms with van der Waals surface area (Å²) in [6, 6.07) is 17.8.